The van der Waals surface area contributed by atoms with Crippen LogP contribution in [0, 0.1) is 5.92 Å². The third kappa shape index (κ3) is 3.59. The van der Waals surface area contributed by atoms with Crippen molar-refractivity contribution in [2.45, 2.75) is 31.4 Å². The van der Waals surface area contributed by atoms with Gasteiger partial charge in [0.2, 0.25) is 0 Å². The van der Waals surface area contributed by atoms with Crippen LogP contribution < -0.4 is 5.63 Å². The Morgan fingerprint density at radius 1 is 1.04 bits per heavy atom. The number of hydrogen-bond donors (Lipinski definition) is 2. The van der Waals surface area contributed by atoms with Gasteiger partial charge >= 0.3 is 5.63 Å². The first-order valence-corrected chi connectivity index (χ1v) is 8.98. The van der Waals surface area contributed by atoms with Gasteiger partial charge in [-0.05, 0) is 30.0 Å². The summed E-state index contributed by atoms with van der Waals surface area (Å²) in [5.41, 5.74) is 1.23. The topological polar surface area (TPSA) is 50.4 Å². The summed E-state index contributed by atoms with van der Waals surface area (Å²) in [5.74, 6) is 0.0326. The highest BCUT2D eigenvalue weighted by Crippen LogP contribution is 2.38. The Hall–Kier alpha value is -2.20. The fourth-order valence-corrected chi connectivity index (χ4v) is 3.25. The molecule has 25 heavy (non-hydrogen) atoms. The van der Waals surface area contributed by atoms with Crippen LogP contribution in [0.2, 0.25) is 0 Å². The Morgan fingerprint density at radius 2 is 1.68 bits per heavy atom. The van der Waals surface area contributed by atoms with E-state index in [2.05, 4.69) is 19.6 Å². The van der Waals surface area contributed by atoms with E-state index in [1.54, 1.807) is 18.2 Å². The Labute approximate surface area is 152 Å². The van der Waals surface area contributed by atoms with Gasteiger partial charge in [-0.1, -0.05) is 56.3 Å². The van der Waals surface area contributed by atoms with Crippen LogP contribution in [0.3, 0.4) is 0 Å². The van der Waals surface area contributed by atoms with Gasteiger partial charge in [0.1, 0.15) is 11.3 Å². The number of para-hydroxylation sites is 1. The van der Waals surface area contributed by atoms with Crippen molar-refractivity contribution in [2.75, 3.05) is 0 Å². The van der Waals surface area contributed by atoms with Crippen LogP contribution in [0.1, 0.15) is 37.3 Å². The molecule has 1 aromatic heterocycles. The average molecular weight is 354 g/mol. The predicted octanol–water partition coefficient (Wildman–Crippen LogP) is 4.98. The Balaban J connectivity index is 2.19. The summed E-state index contributed by atoms with van der Waals surface area (Å²) >= 11 is 4.54. The lowest BCUT2D eigenvalue weighted by atomic mass is 9.83. The number of thiol groups is 1. The van der Waals surface area contributed by atoms with Gasteiger partial charge < -0.3 is 9.52 Å². The van der Waals surface area contributed by atoms with E-state index in [-0.39, 0.29) is 22.8 Å². The van der Waals surface area contributed by atoms with Crippen molar-refractivity contribution >= 4 is 23.6 Å². The van der Waals surface area contributed by atoms with Crippen molar-refractivity contribution in [3.63, 3.8) is 0 Å². The van der Waals surface area contributed by atoms with Gasteiger partial charge in [0.15, 0.2) is 0 Å². The molecule has 0 saturated heterocycles. The fraction of sp³-hybridized carbons (Fsp3) is 0.286. The first-order chi connectivity index (χ1) is 12.0. The third-order valence-corrected chi connectivity index (χ3v) is 5.31. The molecule has 0 fully saturated rings. The second kappa shape index (κ2) is 7.36. The van der Waals surface area contributed by atoms with Crippen molar-refractivity contribution < 1.29 is 9.52 Å². The first kappa shape index (κ1) is 17.6. The van der Waals surface area contributed by atoms with Gasteiger partial charge in [0.25, 0.3) is 0 Å². The largest absolute Gasteiger partial charge is 0.507 e. The van der Waals surface area contributed by atoms with Crippen molar-refractivity contribution in [2.24, 2.45) is 5.92 Å². The summed E-state index contributed by atoms with van der Waals surface area (Å²) in [6, 6.07) is 16.8. The minimum atomic E-state index is -0.482. The standard InChI is InChI=1S/C21H22O3S/c1-13(14(2)25)12-17(15-8-4-3-5-9-15)19-20(22)16-10-6-7-11-18(16)24-21(19)23/h3-11,13-14,17,22,25H,12H2,1-2H3. The van der Waals surface area contributed by atoms with Crippen molar-refractivity contribution in [3.05, 3.63) is 76.1 Å². The van der Waals surface area contributed by atoms with E-state index in [1.807, 2.05) is 43.3 Å². The fourth-order valence-electron chi connectivity index (χ4n) is 3.13. The lowest BCUT2D eigenvalue weighted by Gasteiger charge is -2.24. The molecule has 3 rings (SSSR count). The number of fused-ring (bicyclic) bond motifs is 1. The maximum absolute atomic E-state index is 12.7. The minimum absolute atomic E-state index is 0.0136. The minimum Gasteiger partial charge on any atom is -0.507 e. The van der Waals surface area contributed by atoms with Crippen molar-refractivity contribution in [3.8, 4) is 5.75 Å². The van der Waals surface area contributed by atoms with E-state index in [9.17, 15) is 9.90 Å². The highest BCUT2D eigenvalue weighted by atomic mass is 32.1. The van der Waals surface area contributed by atoms with Gasteiger partial charge in [0, 0.05) is 11.2 Å². The molecule has 0 saturated carbocycles. The van der Waals surface area contributed by atoms with E-state index in [0.29, 0.717) is 23.0 Å². The molecule has 1 heterocycles. The summed E-state index contributed by atoms with van der Waals surface area (Å²) in [6.45, 7) is 4.14. The summed E-state index contributed by atoms with van der Waals surface area (Å²) in [6.07, 6.45) is 0.700. The molecule has 4 heteroatoms. The number of aromatic hydroxyl groups is 1. The SMILES string of the molecule is CC(S)C(C)CC(c1ccccc1)c1c(O)c2ccccc2oc1=O. The molecule has 3 aromatic rings. The van der Waals surface area contributed by atoms with Gasteiger partial charge in [-0.3, -0.25) is 0 Å². The zero-order valence-electron chi connectivity index (χ0n) is 14.3. The van der Waals surface area contributed by atoms with Crippen LogP contribution in [0.4, 0.5) is 0 Å². The molecule has 3 nitrogen and oxygen atoms in total. The molecule has 0 aliphatic carbocycles. The predicted molar refractivity (Wildman–Crippen MR) is 105 cm³/mol. The van der Waals surface area contributed by atoms with E-state index >= 15 is 0 Å². The molecule has 0 spiro atoms. The van der Waals surface area contributed by atoms with Crippen molar-refractivity contribution in [1.29, 1.82) is 0 Å². The van der Waals surface area contributed by atoms with Gasteiger partial charge in [-0.2, -0.15) is 12.6 Å². The molecule has 0 amide bonds. The Bertz CT molecular complexity index is 915. The van der Waals surface area contributed by atoms with Gasteiger partial charge in [-0.25, -0.2) is 4.79 Å². The third-order valence-electron chi connectivity index (χ3n) is 4.80. The zero-order valence-corrected chi connectivity index (χ0v) is 15.2. The number of hydrogen-bond acceptors (Lipinski definition) is 4. The van der Waals surface area contributed by atoms with Crippen LogP contribution in [-0.2, 0) is 0 Å². The lowest BCUT2D eigenvalue weighted by Crippen LogP contribution is -2.19. The smallest absolute Gasteiger partial charge is 0.343 e. The van der Waals surface area contributed by atoms with Crippen LogP contribution in [0.5, 0.6) is 5.75 Å². The zero-order chi connectivity index (χ0) is 18.0. The summed E-state index contributed by atoms with van der Waals surface area (Å²) in [5, 5.41) is 11.6. The lowest BCUT2D eigenvalue weighted by molar-refractivity contribution is 0.431. The molecular formula is C21H22O3S. The second-order valence-corrected chi connectivity index (χ2v) is 7.38. The average Bonchev–Trinajstić information content (AvgIpc) is 2.61. The van der Waals surface area contributed by atoms with Crippen LogP contribution in [0.25, 0.3) is 11.0 Å². The molecule has 0 bridgehead atoms. The number of benzene rings is 2. The highest BCUT2D eigenvalue weighted by molar-refractivity contribution is 7.80. The quantitative estimate of drug-likeness (QED) is 0.502. The Kier molecular flexibility index (Phi) is 5.19. The number of rotatable bonds is 5. The molecule has 3 atom stereocenters. The molecular weight excluding hydrogens is 332 g/mol. The van der Waals surface area contributed by atoms with Crippen molar-refractivity contribution in [1.82, 2.24) is 0 Å². The summed E-state index contributed by atoms with van der Waals surface area (Å²) in [4.78, 5) is 12.7. The molecule has 130 valence electrons. The molecule has 3 unspecified atom stereocenters. The van der Waals surface area contributed by atoms with E-state index in [0.717, 1.165) is 5.56 Å². The van der Waals surface area contributed by atoms with Crippen LogP contribution in [0.15, 0.2) is 63.8 Å². The Morgan fingerprint density at radius 3 is 2.36 bits per heavy atom. The highest BCUT2D eigenvalue weighted by Gasteiger charge is 2.27. The molecule has 1 N–H and O–H groups in total. The summed E-state index contributed by atoms with van der Waals surface area (Å²) < 4.78 is 5.48. The van der Waals surface area contributed by atoms with Gasteiger partial charge in [-0.15, -0.1) is 0 Å². The molecule has 0 aliphatic heterocycles. The van der Waals surface area contributed by atoms with Crippen LogP contribution >= 0.6 is 12.6 Å². The normalized spacial score (nSPS) is 15.0. The maximum atomic E-state index is 12.7. The summed E-state index contributed by atoms with van der Waals surface area (Å²) in [7, 11) is 0. The van der Waals surface area contributed by atoms with Gasteiger partial charge in [0.05, 0.1) is 10.9 Å². The monoisotopic (exact) mass is 354 g/mol. The maximum Gasteiger partial charge on any atom is 0.343 e. The second-order valence-electron chi connectivity index (χ2n) is 6.56. The first-order valence-electron chi connectivity index (χ1n) is 8.46. The van der Waals surface area contributed by atoms with E-state index in [1.165, 1.54) is 0 Å². The van der Waals surface area contributed by atoms with E-state index < -0.39 is 5.63 Å². The van der Waals surface area contributed by atoms with Crippen LogP contribution in [-0.4, -0.2) is 10.4 Å². The molecule has 0 aliphatic rings. The molecule has 0 radical (unpaired) electrons. The molecule has 2 aromatic carbocycles. The van der Waals surface area contributed by atoms with E-state index in [4.69, 9.17) is 4.42 Å².